The summed E-state index contributed by atoms with van der Waals surface area (Å²) in [5.74, 6) is -0.134. The largest absolute Gasteiger partial charge is 0.368 e. The molecule has 0 saturated carbocycles. The monoisotopic (exact) mass is 425 g/mol. The topological polar surface area (TPSA) is 52.7 Å². The third kappa shape index (κ3) is 7.39. The number of benzene rings is 2. The Bertz CT molecular complexity index is 834. The number of aryl methyl sites for hydroxylation is 1. The summed E-state index contributed by atoms with van der Waals surface area (Å²) >= 11 is 0. The van der Waals surface area contributed by atoms with E-state index in [-0.39, 0.29) is 23.7 Å². The van der Waals surface area contributed by atoms with Crippen molar-refractivity contribution in [3.63, 3.8) is 0 Å². The number of nitrogens with one attached hydrogen (secondary N) is 1. The van der Waals surface area contributed by atoms with Crippen LogP contribution >= 0.6 is 0 Å². The summed E-state index contributed by atoms with van der Waals surface area (Å²) < 4.78 is 13.1. The Morgan fingerprint density at radius 2 is 1.65 bits per heavy atom. The van der Waals surface area contributed by atoms with Gasteiger partial charge in [0.25, 0.3) is 0 Å². The lowest BCUT2D eigenvalue weighted by atomic mass is 10.1. The number of piperazine rings is 1. The van der Waals surface area contributed by atoms with Gasteiger partial charge in [-0.15, -0.1) is 0 Å². The summed E-state index contributed by atoms with van der Waals surface area (Å²) in [5, 5.41) is 3.03. The maximum atomic E-state index is 13.1. The molecule has 2 aromatic rings. The molecule has 6 heteroatoms. The van der Waals surface area contributed by atoms with E-state index in [1.165, 1.54) is 17.7 Å². The Balaban J connectivity index is 1.30. The SMILES string of the molecule is CC(CCc1ccccc1)NC(=O)CCCC(=O)N1CCN(c2ccc(F)cc2)CC1. The summed E-state index contributed by atoms with van der Waals surface area (Å²) in [7, 11) is 0. The van der Waals surface area contributed by atoms with Crippen molar-refractivity contribution in [1.82, 2.24) is 10.2 Å². The molecule has 1 fully saturated rings. The second-order valence-corrected chi connectivity index (χ2v) is 8.19. The summed E-state index contributed by atoms with van der Waals surface area (Å²) in [6.45, 7) is 4.79. The highest BCUT2D eigenvalue weighted by atomic mass is 19.1. The fourth-order valence-corrected chi connectivity index (χ4v) is 3.87. The second-order valence-electron chi connectivity index (χ2n) is 8.19. The Morgan fingerprint density at radius 3 is 2.32 bits per heavy atom. The predicted molar refractivity (Wildman–Crippen MR) is 121 cm³/mol. The molecule has 3 rings (SSSR count). The summed E-state index contributed by atoms with van der Waals surface area (Å²) in [6.07, 6.45) is 3.16. The fraction of sp³-hybridized carbons (Fsp3) is 0.440. The number of carbonyl (C=O) groups is 2. The maximum absolute atomic E-state index is 13.1. The molecule has 31 heavy (non-hydrogen) atoms. The fourth-order valence-electron chi connectivity index (χ4n) is 3.87. The zero-order valence-corrected chi connectivity index (χ0v) is 18.2. The highest BCUT2D eigenvalue weighted by Gasteiger charge is 2.21. The van der Waals surface area contributed by atoms with Crippen LogP contribution in [0.15, 0.2) is 54.6 Å². The number of hydrogen-bond acceptors (Lipinski definition) is 3. The molecule has 0 aliphatic carbocycles. The predicted octanol–water partition coefficient (Wildman–Crippen LogP) is 3.78. The standard InChI is InChI=1S/C25H32FN3O2/c1-20(10-11-21-6-3-2-4-7-21)27-24(30)8-5-9-25(31)29-18-16-28(17-19-29)23-14-12-22(26)13-15-23/h2-4,6-7,12-15,20H,5,8-11,16-19H2,1H3,(H,27,30). The van der Waals surface area contributed by atoms with Crippen molar-refractivity contribution in [2.45, 2.75) is 45.1 Å². The molecule has 1 atom stereocenters. The highest BCUT2D eigenvalue weighted by Crippen LogP contribution is 2.17. The van der Waals surface area contributed by atoms with Crippen LogP contribution in [0.4, 0.5) is 10.1 Å². The van der Waals surface area contributed by atoms with Gasteiger partial charge in [-0.1, -0.05) is 30.3 Å². The summed E-state index contributed by atoms with van der Waals surface area (Å²) in [5.41, 5.74) is 2.25. The third-order valence-corrected chi connectivity index (χ3v) is 5.73. The smallest absolute Gasteiger partial charge is 0.222 e. The third-order valence-electron chi connectivity index (χ3n) is 5.73. The molecule has 0 aromatic heterocycles. The van der Waals surface area contributed by atoms with Crippen molar-refractivity contribution in [3.8, 4) is 0 Å². The summed E-state index contributed by atoms with van der Waals surface area (Å²) in [6, 6.07) is 16.8. The van der Waals surface area contributed by atoms with E-state index >= 15 is 0 Å². The molecule has 1 N–H and O–H groups in total. The second kappa shape index (κ2) is 11.5. The van der Waals surface area contributed by atoms with Crippen molar-refractivity contribution in [3.05, 3.63) is 66.0 Å². The van der Waals surface area contributed by atoms with Crippen LogP contribution in [-0.4, -0.2) is 48.9 Å². The van der Waals surface area contributed by atoms with Gasteiger partial charge in [0.1, 0.15) is 5.82 Å². The van der Waals surface area contributed by atoms with E-state index in [0.717, 1.165) is 31.6 Å². The maximum Gasteiger partial charge on any atom is 0.222 e. The first-order valence-electron chi connectivity index (χ1n) is 11.1. The van der Waals surface area contributed by atoms with Gasteiger partial charge in [0.15, 0.2) is 0 Å². The molecule has 0 spiro atoms. The molecule has 5 nitrogen and oxygen atoms in total. The minimum Gasteiger partial charge on any atom is -0.368 e. The summed E-state index contributed by atoms with van der Waals surface area (Å²) in [4.78, 5) is 28.7. The molecule has 1 aliphatic rings. The van der Waals surface area contributed by atoms with E-state index in [2.05, 4.69) is 22.3 Å². The average Bonchev–Trinajstić information content (AvgIpc) is 2.79. The minimum absolute atomic E-state index is 0.00879. The van der Waals surface area contributed by atoms with Crippen LogP contribution in [0, 0.1) is 5.82 Å². The van der Waals surface area contributed by atoms with Gasteiger partial charge < -0.3 is 15.1 Å². The number of carbonyl (C=O) groups excluding carboxylic acids is 2. The first kappa shape index (κ1) is 22.8. The van der Waals surface area contributed by atoms with E-state index < -0.39 is 0 Å². The first-order valence-corrected chi connectivity index (χ1v) is 11.1. The van der Waals surface area contributed by atoms with Gasteiger partial charge in [0.05, 0.1) is 0 Å². The number of hydrogen-bond donors (Lipinski definition) is 1. The van der Waals surface area contributed by atoms with Crippen LogP contribution in [0.5, 0.6) is 0 Å². The van der Waals surface area contributed by atoms with Gasteiger partial charge in [0.2, 0.25) is 11.8 Å². The van der Waals surface area contributed by atoms with E-state index in [1.807, 2.05) is 30.0 Å². The molecule has 0 radical (unpaired) electrons. The van der Waals surface area contributed by atoms with Gasteiger partial charge in [-0.3, -0.25) is 9.59 Å². The van der Waals surface area contributed by atoms with Gasteiger partial charge >= 0.3 is 0 Å². The van der Waals surface area contributed by atoms with Crippen LogP contribution < -0.4 is 10.2 Å². The van der Waals surface area contributed by atoms with Crippen LogP contribution in [0.25, 0.3) is 0 Å². The van der Waals surface area contributed by atoms with Crippen molar-refractivity contribution in [2.75, 3.05) is 31.1 Å². The number of halogens is 1. The quantitative estimate of drug-likeness (QED) is 0.665. The van der Waals surface area contributed by atoms with E-state index in [9.17, 15) is 14.0 Å². The lowest BCUT2D eigenvalue weighted by Crippen LogP contribution is -2.48. The Kier molecular flexibility index (Phi) is 8.44. The van der Waals surface area contributed by atoms with Crippen molar-refractivity contribution in [2.24, 2.45) is 0 Å². The minimum atomic E-state index is -0.243. The van der Waals surface area contributed by atoms with Crippen molar-refractivity contribution >= 4 is 17.5 Å². The Morgan fingerprint density at radius 1 is 0.968 bits per heavy atom. The zero-order chi connectivity index (χ0) is 22.1. The number of rotatable bonds is 9. The van der Waals surface area contributed by atoms with Gasteiger partial charge in [-0.25, -0.2) is 4.39 Å². The molecule has 2 aromatic carbocycles. The van der Waals surface area contributed by atoms with Crippen LogP contribution in [0.3, 0.4) is 0 Å². The molecule has 1 unspecified atom stereocenters. The van der Waals surface area contributed by atoms with Crippen LogP contribution in [-0.2, 0) is 16.0 Å². The lowest BCUT2D eigenvalue weighted by Gasteiger charge is -2.36. The lowest BCUT2D eigenvalue weighted by molar-refractivity contribution is -0.131. The van der Waals surface area contributed by atoms with Gasteiger partial charge in [-0.2, -0.15) is 0 Å². The van der Waals surface area contributed by atoms with Crippen LogP contribution in [0.1, 0.15) is 38.2 Å². The molecule has 166 valence electrons. The van der Waals surface area contributed by atoms with Crippen LogP contribution in [0.2, 0.25) is 0 Å². The molecule has 1 aliphatic heterocycles. The Hall–Kier alpha value is -2.89. The molecule has 2 amide bonds. The molecular weight excluding hydrogens is 393 g/mol. The van der Waals surface area contributed by atoms with Crippen molar-refractivity contribution < 1.29 is 14.0 Å². The molecule has 0 bridgehead atoms. The molecular formula is C25H32FN3O2. The van der Waals surface area contributed by atoms with Gasteiger partial charge in [0, 0.05) is 50.7 Å². The Labute approximate surface area is 184 Å². The average molecular weight is 426 g/mol. The van der Waals surface area contributed by atoms with E-state index in [1.54, 1.807) is 12.1 Å². The molecule has 1 heterocycles. The normalized spacial score (nSPS) is 14.9. The number of anilines is 1. The van der Waals surface area contributed by atoms with Gasteiger partial charge in [-0.05, 0) is 56.0 Å². The number of nitrogens with zero attached hydrogens (tertiary/aromatic N) is 2. The van der Waals surface area contributed by atoms with E-state index in [4.69, 9.17) is 0 Å². The van der Waals surface area contributed by atoms with E-state index in [0.29, 0.717) is 32.4 Å². The zero-order valence-electron chi connectivity index (χ0n) is 18.2. The van der Waals surface area contributed by atoms with Crippen molar-refractivity contribution in [1.29, 1.82) is 0 Å². The molecule has 1 saturated heterocycles. The number of amides is 2. The first-order chi connectivity index (χ1) is 15.0. The highest BCUT2D eigenvalue weighted by molar-refractivity contribution is 5.79.